The number of rotatable bonds is 9. The number of benzene rings is 1. The molecule has 14 heteroatoms. The van der Waals surface area contributed by atoms with Gasteiger partial charge in [-0.2, -0.15) is 28.4 Å². The Morgan fingerprint density at radius 3 is 2.59 bits per heavy atom. The second-order valence-corrected chi connectivity index (χ2v) is 19.3. The zero-order valence-electron chi connectivity index (χ0n) is 27.3. The number of halogens is 4. The number of ether oxygens (including phenoxy) is 1. The van der Waals surface area contributed by atoms with Gasteiger partial charge in [-0.1, -0.05) is 38.4 Å². The van der Waals surface area contributed by atoms with Crippen molar-refractivity contribution < 1.29 is 22.3 Å². The average Bonchev–Trinajstić information content (AvgIpc) is 3.45. The van der Waals surface area contributed by atoms with Crippen molar-refractivity contribution >= 4 is 31.4 Å². The van der Waals surface area contributed by atoms with Gasteiger partial charge in [0.2, 0.25) is 0 Å². The molecule has 2 fully saturated rings. The van der Waals surface area contributed by atoms with Crippen LogP contribution in [0.3, 0.4) is 0 Å². The van der Waals surface area contributed by atoms with Crippen molar-refractivity contribution in [2.45, 2.75) is 83.0 Å². The maximum atomic E-state index is 14.1. The molecule has 0 spiro atoms. The van der Waals surface area contributed by atoms with E-state index in [4.69, 9.17) is 30.7 Å². The summed E-state index contributed by atoms with van der Waals surface area (Å²) in [4.78, 5) is 13.4. The van der Waals surface area contributed by atoms with E-state index < -0.39 is 20.1 Å². The van der Waals surface area contributed by atoms with E-state index in [0.717, 1.165) is 24.3 Å². The van der Waals surface area contributed by atoms with Crippen LogP contribution >= 0.6 is 11.6 Å². The number of nitrogens with zero attached hydrogens (tertiary/aromatic N) is 5. The molecule has 1 aromatic carbocycles. The van der Waals surface area contributed by atoms with Gasteiger partial charge in [0.15, 0.2) is 8.32 Å². The number of hydrogen-bond acceptors (Lipinski definition) is 9. The third-order valence-corrected chi connectivity index (χ3v) is 14.6. The van der Waals surface area contributed by atoms with E-state index in [1.807, 2.05) is 0 Å². The number of fused-ring (bicyclic) bond motifs is 1. The van der Waals surface area contributed by atoms with E-state index >= 15 is 0 Å². The van der Waals surface area contributed by atoms with Crippen LogP contribution in [0.4, 0.5) is 24.7 Å². The molecule has 252 valence electrons. The lowest BCUT2D eigenvalue weighted by Crippen LogP contribution is -2.51. The molecule has 0 saturated carbocycles. The van der Waals surface area contributed by atoms with E-state index in [1.54, 1.807) is 4.90 Å². The smallest absolute Gasteiger partial charge is 0.419 e. The minimum absolute atomic E-state index is 0.0113. The highest BCUT2D eigenvalue weighted by Crippen LogP contribution is 2.43. The highest BCUT2D eigenvalue weighted by molar-refractivity contribution is 6.74. The Hall–Kier alpha value is -2.63. The highest BCUT2D eigenvalue weighted by atomic mass is 35.5. The van der Waals surface area contributed by atoms with Crippen LogP contribution in [0.2, 0.25) is 23.2 Å². The number of nitriles is 1. The first-order valence-corrected chi connectivity index (χ1v) is 19.3. The summed E-state index contributed by atoms with van der Waals surface area (Å²) in [5.41, 5.74) is 0.728. The fourth-order valence-electron chi connectivity index (χ4n) is 6.12. The van der Waals surface area contributed by atoms with Gasteiger partial charge >= 0.3 is 12.2 Å². The highest BCUT2D eigenvalue weighted by Gasteiger charge is 2.40. The summed E-state index contributed by atoms with van der Waals surface area (Å²) in [7, 11) is -1.84. The summed E-state index contributed by atoms with van der Waals surface area (Å²) in [5, 5.41) is 16.0. The van der Waals surface area contributed by atoms with Crippen molar-refractivity contribution in [3.05, 3.63) is 40.0 Å². The molecule has 3 aliphatic rings. The summed E-state index contributed by atoms with van der Waals surface area (Å²) in [5.74, 6) is 1.11. The number of piperazine rings is 1. The monoisotopic (exact) mass is 679 g/mol. The predicted octanol–water partition coefficient (Wildman–Crippen LogP) is 5.78. The second kappa shape index (κ2) is 13.8. The van der Waals surface area contributed by atoms with Crippen LogP contribution < -0.4 is 25.2 Å². The Kier molecular flexibility index (Phi) is 10.4. The van der Waals surface area contributed by atoms with Gasteiger partial charge < -0.3 is 29.6 Å². The first kappa shape index (κ1) is 34.7. The van der Waals surface area contributed by atoms with Crippen molar-refractivity contribution in [1.82, 2.24) is 20.6 Å². The second-order valence-electron chi connectivity index (χ2n) is 14.1. The van der Waals surface area contributed by atoms with Crippen LogP contribution in [0.1, 0.15) is 50.4 Å². The average molecular weight is 680 g/mol. The summed E-state index contributed by atoms with van der Waals surface area (Å²) in [6, 6.07) is 6.80. The molecule has 2 aromatic rings. The van der Waals surface area contributed by atoms with Crippen LogP contribution in [0.5, 0.6) is 6.01 Å². The lowest BCUT2D eigenvalue weighted by molar-refractivity contribution is -0.137. The molecule has 4 heterocycles. The lowest BCUT2D eigenvalue weighted by atomic mass is 10.0. The van der Waals surface area contributed by atoms with Crippen molar-refractivity contribution in [3.8, 4) is 12.1 Å². The number of aromatic nitrogens is 2. The molecule has 3 aliphatic heterocycles. The summed E-state index contributed by atoms with van der Waals surface area (Å²) in [6.07, 6.45) is -2.87. The maximum absolute atomic E-state index is 14.1. The van der Waals surface area contributed by atoms with Crippen LogP contribution in [-0.4, -0.2) is 76.3 Å². The number of nitrogens with one attached hydrogen (secondary N) is 2. The van der Waals surface area contributed by atoms with Gasteiger partial charge in [-0.15, -0.1) is 0 Å². The van der Waals surface area contributed by atoms with Crippen LogP contribution in [-0.2, 0) is 23.6 Å². The Bertz CT molecular complexity index is 1430. The molecular formula is C32H45ClF3N7O2Si. The topological polar surface area (TPSA) is 98.6 Å². The molecule has 0 radical (unpaired) electrons. The van der Waals surface area contributed by atoms with Crippen molar-refractivity contribution in [2.75, 3.05) is 55.7 Å². The number of hydrogen-bond donors (Lipinski definition) is 2. The molecule has 46 heavy (non-hydrogen) atoms. The zero-order chi connectivity index (χ0) is 33.3. The summed E-state index contributed by atoms with van der Waals surface area (Å²) < 4.78 is 54.9. The third-order valence-electron chi connectivity index (χ3n) is 9.74. The van der Waals surface area contributed by atoms with Gasteiger partial charge in [-0.25, -0.2) is 0 Å². The molecule has 0 bridgehead atoms. The maximum Gasteiger partial charge on any atom is 0.419 e. The fraction of sp³-hybridized carbons (Fsp3) is 0.656. The standard InChI is InChI=1S/C32H45ClF3N7O2Si/c1-31(2,3)46(4,5)45-19-21-15-23(39-16-21)20-44-30-40-26-18-42(27-8-6-7-25(33)28(27)32(34,35)36)13-10-24(26)29(41-30)43-14-12-38-22(17-43)9-11-37/h6-8,21-23,38-39H,9-10,12-20H2,1-5H3/t21-,22+,23+/m1/s1. The van der Waals surface area contributed by atoms with Crippen molar-refractivity contribution in [2.24, 2.45) is 5.92 Å². The summed E-state index contributed by atoms with van der Waals surface area (Å²) >= 11 is 6.06. The van der Waals surface area contributed by atoms with Crippen LogP contribution in [0, 0.1) is 17.2 Å². The van der Waals surface area contributed by atoms with E-state index in [0.29, 0.717) is 63.8 Å². The molecule has 0 aliphatic carbocycles. The van der Waals surface area contributed by atoms with Crippen molar-refractivity contribution in [1.29, 1.82) is 5.26 Å². The normalized spacial score (nSPS) is 22.5. The minimum Gasteiger partial charge on any atom is -0.462 e. The van der Waals surface area contributed by atoms with E-state index in [9.17, 15) is 18.4 Å². The molecule has 1 aromatic heterocycles. The van der Waals surface area contributed by atoms with Gasteiger partial charge in [0.25, 0.3) is 0 Å². The van der Waals surface area contributed by atoms with Crippen LogP contribution in [0.25, 0.3) is 0 Å². The van der Waals surface area contributed by atoms with E-state index in [-0.39, 0.29) is 40.4 Å². The van der Waals surface area contributed by atoms with Gasteiger partial charge in [0.05, 0.1) is 41.0 Å². The van der Waals surface area contributed by atoms with Gasteiger partial charge in [-0.3, -0.25) is 0 Å². The van der Waals surface area contributed by atoms with Gasteiger partial charge in [0, 0.05) is 57.0 Å². The quantitative estimate of drug-likeness (QED) is 0.320. The molecular weight excluding hydrogens is 635 g/mol. The van der Waals surface area contributed by atoms with Crippen molar-refractivity contribution in [3.63, 3.8) is 0 Å². The van der Waals surface area contributed by atoms with Gasteiger partial charge in [-0.05, 0) is 49.0 Å². The van der Waals surface area contributed by atoms with Crippen LogP contribution in [0.15, 0.2) is 18.2 Å². The molecule has 9 nitrogen and oxygen atoms in total. The third kappa shape index (κ3) is 7.90. The Labute approximate surface area is 275 Å². The Morgan fingerprint density at radius 1 is 1.09 bits per heavy atom. The first-order valence-electron chi connectivity index (χ1n) is 16.0. The minimum atomic E-state index is -4.60. The SMILES string of the molecule is CC(C)(C)[Si](C)(C)OC[C@H]1CN[C@H](COc2nc3c(c(N4CCN[C@@H](CC#N)C4)n2)CCN(c2cccc(Cl)c2C(F)(F)F)C3)C1. The Balaban J connectivity index is 1.35. The Morgan fingerprint density at radius 2 is 1.87 bits per heavy atom. The van der Waals surface area contributed by atoms with E-state index in [1.165, 1.54) is 18.2 Å². The number of anilines is 2. The predicted molar refractivity (Wildman–Crippen MR) is 176 cm³/mol. The molecule has 2 saturated heterocycles. The molecule has 3 atom stereocenters. The summed E-state index contributed by atoms with van der Waals surface area (Å²) in [6.45, 7) is 15.6. The number of alkyl halides is 3. The fourth-order valence-corrected chi connectivity index (χ4v) is 7.48. The zero-order valence-corrected chi connectivity index (χ0v) is 29.1. The molecule has 2 N–H and O–H groups in total. The lowest BCUT2D eigenvalue weighted by Gasteiger charge is -2.37. The molecule has 0 unspecified atom stereocenters. The molecule has 0 amide bonds. The first-order chi connectivity index (χ1) is 21.7. The van der Waals surface area contributed by atoms with Gasteiger partial charge in [0.1, 0.15) is 12.4 Å². The largest absolute Gasteiger partial charge is 0.462 e. The van der Waals surface area contributed by atoms with E-state index in [2.05, 4.69) is 55.5 Å². The molecule has 5 rings (SSSR count).